The molecule has 4 aliphatic rings. The zero-order chi connectivity index (χ0) is 27.5. The van der Waals surface area contributed by atoms with Gasteiger partial charge in [-0.25, -0.2) is 0 Å². The number of aliphatic hydroxyl groups excluding tert-OH is 1. The Hall–Kier alpha value is -2.12. The van der Waals surface area contributed by atoms with Gasteiger partial charge in [-0.15, -0.1) is 0 Å². The van der Waals surface area contributed by atoms with Crippen molar-refractivity contribution >= 4 is 23.7 Å². The second-order valence-electron chi connectivity index (χ2n) is 11.1. The van der Waals surface area contributed by atoms with Crippen molar-refractivity contribution in [2.75, 3.05) is 21.3 Å². The third kappa shape index (κ3) is 3.99. The molecule has 0 aromatic heterocycles. The highest BCUT2D eigenvalue weighted by atomic mass is 16.8. The fourth-order valence-electron chi connectivity index (χ4n) is 7.51. The van der Waals surface area contributed by atoms with E-state index in [0.717, 1.165) is 0 Å². The monoisotopic (exact) mass is 528 g/mol. The maximum atomic E-state index is 14.0. The number of ketones is 1. The number of rotatable bonds is 5. The van der Waals surface area contributed by atoms with Crippen LogP contribution in [-0.4, -0.2) is 91.7 Å². The van der Waals surface area contributed by atoms with Crippen molar-refractivity contribution in [1.29, 1.82) is 0 Å². The van der Waals surface area contributed by atoms with Crippen molar-refractivity contribution in [3.05, 3.63) is 0 Å². The molecular formula is C25H36O12. The van der Waals surface area contributed by atoms with Gasteiger partial charge in [0, 0.05) is 33.5 Å². The Balaban J connectivity index is 1.80. The fraction of sp³-hybridized carbons (Fsp3) is 0.840. The Labute approximate surface area is 214 Å². The van der Waals surface area contributed by atoms with Crippen molar-refractivity contribution < 1.29 is 57.8 Å². The van der Waals surface area contributed by atoms with Gasteiger partial charge in [0.15, 0.2) is 30.1 Å². The number of carbonyl (C=O) groups excluding carboxylic acids is 4. The van der Waals surface area contributed by atoms with Crippen molar-refractivity contribution in [3.8, 4) is 0 Å². The van der Waals surface area contributed by atoms with Crippen LogP contribution in [0.3, 0.4) is 0 Å². The molecule has 37 heavy (non-hydrogen) atoms. The number of carbonyl (C=O) groups is 4. The molecular weight excluding hydrogens is 492 g/mol. The summed E-state index contributed by atoms with van der Waals surface area (Å²) in [6.45, 7) is 4.75. The Kier molecular flexibility index (Phi) is 7.21. The zero-order valence-corrected chi connectivity index (χ0v) is 21.9. The van der Waals surface area contributed by atoms with Crippen LogP contribution in [0.5, 0.6) is 0 Å². The Bertz CT molecular complexity index is 963. The molecule has 2 aliphatic carbocycles. The Morgan fingerprint density at radius 3 is 2.32 bits per heavy atom. The normalized spacial score (nSPS) is 47.5. The minimum absolute atomic E-state index is 0.0233. The van der Waals surface area contributed by atoms with Crippen molar-refractivity contribution in [3.63, 3.8) is 0 Å². The predicted octanol–water partition coefficient (Wildman–Crippen LogP) is 0.102. The van der Waals surface area contributed by atoms with E-state index >= 15 is 0 Å². The van der Waals surface area contributed by atoms with E-state index in [-0.39, 0.29) is 12.8 Å². The average Bonchev–Trinajstić information content (AvgIpc) is 3.09. The van der Waals surface area contributed by atoms with Crippen LogP contribution < -0.4 is 0 Å². The lowest BCUT2D eigenvalue weighted by molar-refractivity contribution is -0.264. The second kappa shape index (κ2) is 9.57. The predicted molar refractivity (Wildman–Crippen MR) is 121 cm³/mol. The number of aliphatic hydroxyl groups is 2. The van der Waals surface area contributed by atoms with Crippen LogP contribution in [0.25, 0.3) is 0 Å². The van der Waals surface area contributed by atoms with Crippen molar-refractivity contribution in [2.45, 2.75) is 82.9 Å². The van der Waals surface area contributed by atoms with Gasteiger partial charge in [-0.2, -0.15) is 0 Å². The number of ether oxygens (including phenoxy) is 6. The van der Waals surface area contributed by atoms with E-state index in [1.54, 1.807) is 6.92 Å². The van der Waals surface area contributed by atoms with Gasteiger partial charge in [-0.05, 0) is 30.1 Å². The average molecular weight is 529 g/mol. The zero-order valence-electron chi connectivity index (χ0n) is 21.9. The standard InChI is InChI=1S/C25H36O12/c1-11(26)35-14-9-13(19(29)32-4)23(2)8-7-12-20(30)36-15(10-24(12,3)17(23)16(14)27)25(31)18(28)21(33-5)37-22(25)34-6/h12-15,17-18,21-22,28,31H,7-10H2,1-6H3/t12-,13-,14-,15?,17-,18+,21+,22-,23-,24-,25+/m0/s1. The SMILES string of the molecule is COC(=O)[C@@H]1C[C@H](OC(C)=O)C(=O)[C@H]2[C@@]1(C)CC[C@H]1C(=O)OC([C@]3(O)[C@@H](OC)O[C@@H](OC)[C@H]3O)C[C@]21C. The van der Waals surface area contributed by atoms with E-state index in [2.05, 4.69) is 0 Å². The van der Waals surface area contributed by atoms with Crippen LogP contribution in [0.2, 0.25) is 0 Å². The summed E-state index contributed by atoms with van der Waals surface area (Å²) in [7, 11) is 3.81. The smallest absolute Gasteiger partial charge is 0.309 e. The minimum atomic E-state index is -2.21. The first-order valence-corrected chi connectivity index (χ1v) is 12.4. The fourth-order valence-corrected chi connectivity index (χ4v) is 7.51. The summed E-state index contributed by atoms with van der Waals surface area (Å²) >= 11 is 0. The summed E-state index contributed by atoms with van der Waals surface area (Å²) in [5.41, 5.74) is -4.26. The molecule has 0 aromatic carbocycles. The largest absolute Gasteiger partial charge is 0.469 e. The molecule has 0 aromatic rings. The van der Waals surface area contributed by atoms with Gasteiger partial charge in [0.05, 0.1) is 18.9 Å². The van der Waals surface area contributed by atoms with Crippen molar-refractivity contribution in [1.82, 2.24) is 0 Å². The molecule has 0 bridgehead atoms. The molecule has 2 saturated carbocycles. The topological polar surface area (TPSA) is 164 Å². The van der Waals surface area contributed by atoms with Gasteiger partial charge in [-0.1, -0.05) is 13.8 Å². The molecule has 1 unspecified atom stereocenters. The molecule has 12 nitrogen and oxygen atoms in total. The van der Waals surface area contributed by atoms with E-state index in [1.807, 2.05) is 6.92 Å². The first-order valence-electron chi connectivity index (χ1n) is 12.4. The van der Waals surface area contributed by atoms with Crippen LogP contribution in [0.1, 0.15) is 46.5 Å². The minimum Gasteiger partial charge on any atom is -0.469 e. The van der Waals surface area contributed by atoms with Gasteiger partial charge < -0.3 is 38.6 Å². The highest BCUT2D eigenvalue weighted by Gasteiger charge is 2.71. The molecule has 2 N–H and O–H groups in total. The van der Waals surface area contributed by atoms with Crippen LogP contribution >= 0.6 is 0 Å². The molecule has 0 radical (unpaired) electrons. The van der Waals surface area contributed by atoms with E-state index in [4.69, 9.17) is 28.4 Å². The van der Waals surface area contributed by atoms with E-state index in [0.29, 0.717) is 12.8 Å². The summed E-state index contributed by atoms with van der Waals surface area (Å²) in [6.07, 6.45) is -6.18. The summed E-state index contributed by atoms with van der Waals surface area (Å²) < 4.78 is 32.0. The maximum Gasteiger partial charge on any atom is 0.309 e. The lowest BCUT2D eigenvalue weighted by atomic mass is 9.43. The summed E-state index contributed by atoms with van der Waals surface area (Å²) in [6, 6.07) is 0. The molecule has 2 aliphatic heterocycles. The van der Waals surface area contributed by atoms with Gasteiger partial charge in [-0.3, -0.25) is 19.2 Å². The molecule has 12 heteroatoms. The number of Topliss-reactive ketones (excluding diaryl/α,β-unsaturated/α-hetero) is 1. The summed E-state index contributed by atoms with van der Waals surface area (Å²) in [4.78, 5) is 52.1. The Morgan fingerprint density at radius 2 is 1.76 bits per heavy atom. The Morgan fingerprint density at radius 1 is 1.08 bits per heavy atom. The van der Waals surface area contributed by atoms with E-state index in [1.165, 1.54) is 28.3 Å². The molecule has 4 rings (SSSR count). The third-order valence-corrected chi connectivity index (χ3v) is 9.23. The first kappa shape index (κ1) is 27.9. The number of fused-ring (bicyclic) bond motifs is 3. The summed E-state index contributed by atoms with van der Waals surface area (Å²) in [5.74, 6) is -4.67. The van der Waals surface area contributed by atoms with E-state index < -0.39 is 88.8 Å². The lowest BCUT2D eigenvalue weighted by Crippen LogP contribution is -2.69. The number of methoxy groups -OCH3 is 3. The summed E-state index contributed by atoms with van der Waals surface area (Å²) in [5, 5.41) is 22.6. The van der Waals surface area contributed by atoms with Crippen molar-refractivity contribution in [2.24, 2.45) is 28.6 Å². The maximum absolute atomic E-state index is 14.0. The highest BCUT2D eigenvalue weighted by molar-refractivity contribution is 5.93. The molecule has 2 saturated heterocycles. The molecule has 4 fully saturated rings. The van der Waals surface area contributed by atoms with Gasteiger partial charge in [0.25, 0.3) is 0 Å². The van der Waals surface area contributed by atoms with Crippen LogP contribution in [0.4, 0.5) is 0 Å². The number of esters is 3. The first-order chi connectivity index (χ1) is 17.3. The molecule has 208 valence electrons. The lowest BCUT2D eigenvalue weighted by Gasteiger charge is -2.61. The molecule has 0 spiro atoms. The van der Waals surface area contributed by atoms with Crippen LogP contribution in [0, 0.1) is 28.6 Å². The highest BCUT2D eigenvalue weighted by Crippen LogP contribution is 2.64. The quantitative estimate of drug-likeness (QED) is 0.366. The van der Waals surface area contributed by atoms with Crippen LogP contribution in [0.15, 0.2) is 0 Å². The number of hydrogen-bond donors (Lipinski definition) is 2. The second-order valence-corrected chi connectivity index (χ2v) is 11.1. The molecule has 11 atom stereocenters. The number of hydrogen-bond acceptors (Lipinski definition) is 12. The molecule has 0 amide bonds. The van der Waals surface area contributed by atoms with Gasteiger partial charge in [0.2, 0.25) is 0 Å². The number of cyclic esters (lactones) is 1. The molecule has 2 heterocycles. The van der Waals surface area contributed by atoms with E-state index in [9.17, 15) is 29.4 Å². The van der Waals surface area contributed by atoms with Gasteiger partial charge >= 0.3 is 17.9 Å². The third-order valence-electron chi connectivity index (χ3n) is 9.23. The van der Waals surface area contributed by atoms with Gasteiger partial charge in [0.1, 0.15) is 12.2 Å². The van der Waals surface area contributed by atoms with Crippen LogP contribution in [-0.2, 0) is 47.6 Å².